The predicted molar refractivity (Wildman–Crippen MR) is 118 cm³/mol. The molecule has 0 heterocycles. The van der Waals surface area contributed by atoms with Crippen LogP contribution in [0, 0.1) is 22.2 Å². The molecule has 0 radical (unpaired) electrons. The molecule has 4 nitrogen and oxygen atoms in total. The molecule has 1 aliphatic rings. The number of aliphatic carboxylic acids is 2. The zero-order valence-electron chi connectivity index (χ0n) is 19.3. The number of rotatable bonds is 6. The first kappa shape index (κ1) is 23.1. The summed E-state index contributed by atoms with van der Waals surface area (Å²) in [5, 5.41) is 25.7. The number of hydrogen-bond donors (Lipinski definition) is 0. The normalized spacial score (nSPS) is 15.3. The van der Waals surface area contributed by atoms with Crippen LogP contribution < -0.4 is 10.2 Å². The molecule has 0 bridgehead atoms. The minimum Gasteiger partial charge on any atom is -0.550 e. The van der Waals surface area contributed by atoms with E-state index in [9.17, 15) is 19.8 Å². The van der Waals surface area contributed by atoms with Gasteiger partial charge in [-0.2, -0.15) is 0 Å². The van der Waals surface area contributed by atoms with Crippen molar-refractivity contribution in [2.45, 2.75) is 60.3 Å². The number of carbonyl (C=O) groups excluding carboxylic acids is 2. The van der Waals surface area contributed by atoms with Gasteiger partial charge in [-0.25, -0.2) is 0 Å². The Labute approximate surface area is 185 Å². The van der Waals surface area contributed by atoms with Gasteiger partial charge in [0.05, 0.1) is 0 Å². The third kappa shape index (κ3) is 4.39. The molecule has 0 saturated heterocycles. The summed E-state index contributed by atoms with van der Waals surface area (Å²) in [4.78, 5) is 25.7. The Balaban J connectivity index is 2.32. The molecule has 4 heteroatoms. The Morgan fingerprint density at radius 1 is 0.774 bits per heavy atom. The minimum atomic E-state index is -1.59. The topological polar surface area (TPSA) is 80.3 Å². The molecule has 1 unspecified atom stereocenters. The number of carboxylic acids is 2. The van der Waals surface area contributed by atoms with Gasteiger partial charge < -0.3 is 19.8 Å². The van der Waals surface area contributed by atoms with Crippen LogP contribution in [0.1, 0.15) is 71.4 Å². The van der Waals surface area contributed by atoms with Crippen molar-refractivity contribution in [3.8, 4) is 11.1 Å². The molecule has 31 heavy (non-hydrogen) atoms. The number of hydrogen-bond acceptors (Lipinski definition) is 4. The molecule has 2 aromatic carbocycles. The monoisotopic (exact) mass is 420 g/mol. The van der Waals surface area contributed by atoms with E-state index in [1.54, 1.807) is 0 Å². The molecule has 166 valence electrons. The van der Waals surface area contributed by atoms with Crippen molar-refractivity contribution < 1.29 is 19.8 Å². The Morgan fingerprint density at radius 3 is 1.48 bits per heavy atom. The van der Waals surface area contributed by atoms with E-state index in [4.69, 9.17) is 0 Å². The molecule has 0 aromatic heterocycles. The summed E-state index contributed by atoms with van der Waals surface area (Å²) >= 11 is 0. The predicted octanol–water partition coefficient (Wildman–Crippen LogP) is 3.77. The summed E-state index contributed by atoms with van der Waals surface area (Å²) < 4.78 is 0. The van der Waals surface area contributed by atoms with Crippen molar-refractivity contribution in [1.82, 2.24) is 0 Å². The molecule has 1 atom stereocenters. The first-order valence-electron chi connectivity index (χ1n) is 10.9. The van der Waals surface area contributed by atoms with Crippen LogP contribution >= 0.6 is 0 Å². The Hall–Kier alpha value is -2.62. The van der Waals surface area contributed by atoms with E-state index in [2.05, 4.69) is 0 Å². The van der Waals surface area contributed by atoms with E-state index >= 15 is 0 Å². The number of fused-ring (bicyclic) bond motifs is 3. The molecular formula is C27H32O4-2. The van der Waals surface area contributed by atoms with Crippen LogP contribution in [0.5, 0.6) is 0 Å². The number of carbonyl (C=O) groups is 2. The largest absolute Gasteiger partial charge is 0.550 e. The van der Waals surface area contributed by atoms with E-state index in [0.29, 0.717) is 0 Å². The average molecular weight is 421 g/mol. The van der Waals surface area contributed by atoms with Gasteiger partial charge in [0.15, 0.2) is 0 Å². The lowest BCUT2D eigenvalue weighted by atomic mass is 9.56. The molecule has 0 aliphatic heterocycles. The third-order valence-corrected chi connectivity index (χ3v) is 6.16. The summed E-state index contributed by atoms with van der Waals surface area (Å²) in [6.45, 7) is 11.6. The molecule has 0 fully saturated rings. The number of benzene rings is 2. The number of carboxylic acid groups (broad SMARTS) is 2. The molecular weight excluding hydrogens is 388 g/mol. The summed E-state index contributed by atoms with van der Waals surface area (Å²) in [5.74, 6) is -4.52. The summed E-state index contributed by atoms with van der Waals surface area (Å²) in [7, 11) is 0. The summed E-state index contributed by atoms with van der Waals surface area (Å²) in [6, 6.07) is 15.3. The van der Waals surface area contributed by atoms with E-state index in [-0.39, 0.29) is 12.8 Å². The maximum atomic E-state index is 12.9. The van der Waals surface area contributed by atoms with Gasteiger partial charge in [0, 0.05) is 29.2 Å². The fourth-order valence-electron chi connectivity index (χ4n) is 5.68. The fraction of sp³-hybridized carbons (Fsp3) is 0.481. The van der Waals surface area contributed by atoms with Crippen LogP contribution in [0.15, 0.2) is 48.5 Å². The van der Waals surface area contributed by atoms with Gasteiger partial charge in [0.25, 0.3) is 0 Å². The van der Waals surface area contributed by atoms with Gasteiger partial charge in [0.1, 0.15) is 0 Å². The van der Waals surface area contributed by atoms with Crippen molar-refractivity contribution in [2.24, 2.45) is 22.2 Å². The average Bonchev–Trinajstić information content (AvgIpc) is 2.93. The summed E-state index contributed by atoms with van der Waals surface area (Å²) in [6.07, 6.45) is 0.359. The minimum absolute atomic E-state index is 0.180. The Kier molecular flexibility index (Phi) is 5.81. The highest BCUT2D eigenvalue weighted by molar-refractivity contribution is 5.87. The Morgan fingerprint density at radius 2 is 1.16 bits per heavy atom. The van der Waals surface area contributed by atoms with Gasteiger partial charge in [-0.05, 0) is 45.9 Å². The molecule has 0 saturated carbocycles. The van der Waals surface area contributed by atoms with E-state index in [1.807, 2.05) is 90.1 Å². The zero-order chi connectivity index (χ0) is 23.2. The lowest BCUT2D eigenvalue weighted by Gasteiger charge is -2.51. The van der Waals surface area contributed by atoms with Crippen LogP contribution in [0.3, 0.4) is 0 Å². The molecule has 0 N–H and O–H groups in total. The first-order chi connectivity index (χ1) is 14.3. The van der Waals surface area contributed by atoms with Crippen molar-refractivity contribution >= 4 is 11.9 Å². The second kappa shape index (κ2) is 7.81. The van der Waals surface area contributed by atoms with Gasteiger partial charge in [-0.3, -0.25) is 0 Å². The van der Waals surface area contributed by atoms with E-state index in [1.165, 1.54) is 0 Å². The second-order valence-electron chi connectivity index (χ2n) is 11.4. The van der Waals surface area contributed by atoms with Crippen LogP contribution in [-0.2, 0) is 9.59 Å². The highest BCUT2D eigenvalue weighted by Gasteiger charge is 2.51. The van der Waals surface area contributed by atoms with Crippen LogP contribution in [0.2, 0.25) is 0 Å². The second-order valence-corrected chi connectivity index (χ2v) is 11.4. The molecule has 1 aliphatic carbocycles. The highest BCUT2D eigenvalue weighted by Crippen LogP contribution is 2.57. The van der Waals surface area contributed by atoms with Crippen LogP contribution in [0.25, 0.3) is 11.1 Å². The SMILES string of the molecule is CC(C)(C)CC(CC(C)(C)C)(C(=O)[O-])C(C(=O)[O-])C1c2ccccc2-c2ccccc21. The van der Waals surface area contributed by atoms with Crippen molar-refractivity contribution in [3.63, 3.8) is 0 Å². The van der Waals surface area contributed by atoms with Crippen LogP contribution in [-0.4, -0.2) is 11.9 Å². The van der Waals surface area contributed by atoms with Gasteiger partial charge >= 0.3 is 0 Å². The van der Waals surface area contributed by atoms with Crippen molar-refractivity contribution in [2.75, 3.05) is 0 Å². The third-order valence-electron chi connectivity index (χ3n) is 6.16. The highest BCUT2D eigenvalue weighted by atomic mass is 16.4. The standard InChI is InChI=1S/C27H34O4/c1-25(2,3)15-27(24(30)31,16-26(4,5)6)22(23(28)29)21-19-13-9-7-11-17(19)18-12-8-10-14-20(18)21/h7-14,21-22H,15-16H2,1-6H3,(H,28,29)(H,30,31)/p-2. The van der Waals surface area contributed by atoms with E-state index in [0.717, 1.165) is 22.3 Å². The van der Waals surface area contributed by atoms with Gasteiger partial charge in [-0.15, -0.1) is 0 Å². The lowest BCUT2D eigenvalue weighted by Crippen LogP contribution is -2.57. The van der Waals surface area contributed by atoms with Crippen molar-refractivity contribution in [3.05, 3.63) is 59.7 Å². The molecule has 2 aromatic rings. The molecule has 0 spiro atoms. The smallest absolute Gasteiger partial charge is 0.0483 e. The van der Waals surface area contributed by atoms with Gasteiger partial charge in [-0.1, -0.05) is 90.1 Å². The first-order valence-corrected chi connectivity index (χ1v) is 10.9. The molecule has 0 amide bonds. The van der Waals surface area contributed by atoms with E-state index < -0.39 is 40.0 Å². The fourth-order valence-corrected chi connectivity index (χ4v) is 5.68. The molecule has 3 rings (SSSR count). The quantitative estimate of drug-likeness (QED) is 0.712. The van der Waals surface area contributed by atoms with Crippen LogP contribution in [0.4, 0.5) is 0 Å². The maximum Gasteiger partial charge on any atom is 0.0483 e. The Bertz CT molecular complexity index is 929. The van der Waals surface area contributed by atoms with Gasteiger partial charge in [0.2, 0.25) is 0 Å². The summed E-state index contributed by atoms with van der Waals surface area (Å²) in [5.41, 5.74) is 1.15. The van der Waals surface area contributed by atoms with Crippen molar-refractivity contribution in [1.29, 1.82) is 0 Å². The lowest BCUT2D eigenvalue weighted by molar-refractivity contribution is -0.339. The maximum absolute atomic E-state index is 12.9. The zero-order valence-corrected chi connectivity index (χ0v) is 19.3.